The molecule has 1 heterocycles. The summed E-state index contributed by atoms with van der Waals surface area (Å²) in [4.78, 5) is 17.5. The Bertz CT molecular complexity index is 1010. The summed E-state index contributed by atoms with van der Waals surface area (Å²) in [5.74, 6) is -3.53. The van der Waals surface area contributed by atoms with Crippen LogP contribution in [0.25, 0.3) is 11.4 Å². The average molecular weight is 423 g/mol. The van der Waals surface area contributed by atoms with E-state index in [9.17, 15) is 22.4 Å². The number of amides is 1. The molecule has 2 aromatic carbocycles. The summed E-state index contributed by atoms with van der Waals surface area (Å²) < 4.78 is 61.5. The highest BCUT2D eigenvalue weighted by Gasteiger charge is 2.38. The Morgan fingerprint density at radius 1 is 1.17 bits per heavy atom. The Hall–Kier alpha value is -3.27. The van der Waals surface area contributed by atoms with Crippen LogP contribution in [-0.4, -0.2) is 41.2 Å². The van der Waals surface area contributed by atoms with Gasteiger partial charge in [0.05, 0.1) is 12.2 Å². The van der Waals surface area contributed by atoms with Gasteiger partial charge in [0, 0.05) is 25.8 Å². The first-order valence-electron chi connectivity index (χ1n) is 8.82. The van der Waals surface area contributed by atoms with Gasteiger partial charge in [-0.2, -0.15) is 18.2 Å². The molecule has 158 valence electrons. The fourth-order valence-electron chi connectivity index (χ4n) is 2.72. The van der Waals surface area contributed by atoms with Gasteiger partial charge in [0.1, 0.15) is 5.82 Å². The number of carbonyl (C=O) groups excluding carboxylic acids is 1. The molecule has 3 aromatic rings. The Morgan fingerprint density at radius 2 is 1.90 bits per heavy atom. The molecule has 10 heteroatoms. The van der Waals surface area contributed by atoms with Gasteiger partial charge in [-0.05, 0) is 23.8 Å². The monoisotopic (exact) mass is 423 g/mol. The third-order valence-corrected chi connectivity index (χ3v) is 4.19. The molecular weight excluding hydrogens is 406 g/mol. The topological polar surface area (TPSA) is 68.5 Å². The van der Waals surface area contributed by atoms with E-state index in [1.54, 1.807) is 0 Å². The Morgan fingerprint density at radius 3 is 2.50 bits per heavy atom. The predicted octanol–water partition coefficient (Wildman–Crippen LogP) is 4.18. The highest BCUT2D eigenvalue weighted by molar-refractivity contribution is 5.94. The third-order valence-electron chi connectivity index (χ3n) is 4.19. The second-order valence-corrected chi connectivity index (χ2v) is 6.32. The van der Waals surface area contributed by atoms with E-state index in [1.807, 2.05) is 30.3 Å². The van der Waals surface area contributed by atoms with E-state index < -0.39 is 29.6 Å². The lowest BCUT2D eigenvalue weighted by molar-refractivity contribution is -0.159. The fraction of sp³-hybridized carbons (Fsp3) is 0.250. The lowest BCUT2D eigenvalue weighted by Gasteiger charge is -2.23. The maximum absolute atomic E-state index is 14.5. The summed E-state index contributed by atoms with van der Waals surface area (Å²) in [5.41, 5.74) is 0.602. The second kappa shape index (κ2) is 9.04. The van der Waals surface area contributed by atoms with Gasteiger partial charge in [-0.1, -0.05) is 35.5 Å². The predicted molar refractivity (Wildman–Crippen MR) is 97.8 cm³/mol. The number of hydrogen-bond acceptors (Lipinski definition) is 5. The fourth-order valence-corrected chi connectivity index (χ4v) is 2.72. The van der Waals surface area contributed by atoms with Crippen molar-refractivity contribution in [3.8, 4) is 11.4 Å². The Labute approximate surface area is 169 Å². The van der Waals surface area contributed by atoms with Gasteiger partial charge < -0.3 is 14.2 Å². The molecule has 0 spiro atoms. The van der Waals surface area contributed by atoms with Gasteiger partial charge in [-0.3, -0.25) is 4.79 Å². The summed E-state index contributed by atoms with van der Waals surface area (Å²) in [6.45, 7) is 0.835. The highest BCUT2D eigenvalue weighted by atomic mass is 19.4. The second-order valence-electron chi connectivity index (χ2n) is 6.32. The molecule has 0 aliphatic rings. The van der Waals surface area contributed by atoms with Gasteiger partial charge >= 0.3 is 12.1 Å². The number of nitrogens with zero attached hydrogens (tertiary/aromatic N) is 3. The minimum Gasteiger partial charge on any atom is -0.383 e. The van der Waals surface area contributed by atoms with Crippen molar-refractivity contribution in [1.82, 2.24) is 15.0 Å². The normalized spacial score (nSPS) is 11.5. The van der Waals surface area contributed by atoms with E-state index in [0.29, 0.717) is 0 Å². The number of carbonyl (C=O) groups is 1. The van der Waals surface area contributed by atoms with Crippen LogP contribution < -0.4 is 0 Å². The van der Waals surface area contributed by atoms with Crippen molar-refractivity contribution in [3.63, 3.8) is 0 Å². The van der Waals surface area contributed by atoms with Crippen molar-refractivity contribution in [2.45, 2.75) is 12.7 Å². The van der Waals surface area contributed by atoms with Gasteiger partial charge in [-0.25, -0.2) is 4.39 Å². The van der Waals surface area contributed by atoms with Crippen molar-refractivity contribution in [1.29, 1.82) is 0 Å². The molecule has 0 aliphatic carbocycles. The molecule has 3 rings (SSSR count). The number of methoxy groups -OCH3 is 1. The van der Waals surface area contributed by atoms with Gasteiger partial charge in [0.25, 0.3) is 5.91 Å². The average Bonchev–Trinajstić information content (AvgIpc) is 3.22. The first-order valence-corrected chi connectivity index (χ1v) is 8.82. The standard InChI is InChI=1S/C20H17F4N3O3/c1-29-10-9-27(12-13-5-3-2-4-6-13)18(28)14-7-8-15(16(21)11-14)17-25-19(30-26-17)20(22,23)24/h2-8,11H,9-10,12H2,1H3. The summed E-state index contributed by atoms with van der Waals surface area (Å²) >= 11 is 0. The van der Waals surface area contributed by atoms with Crippen LogP contribution in [0.15, 0.2) is 53.1 Å². The van der Waals surface area contributed by atoms with E-state index in [-0.39, 0.29) is 30.8 Å². The quantitative estimate of drug-likeness (QED) is 0.534. The van der Waals surface area contributed by atoms with Gasteiger partial charge in [0.2, 0.25) is 5.82 Å². The molecule has 0 aliphatic heterocycles. The first-order chi connectivity index (χ1) is 14.3. The van der Waals surface area contributed by atoms with Crippen LogP contribution in [0.4, 0.5) is 17.6 Å². The molecule has 0 saturated carbocycles. The van der Waals surface area contributed by atoms with E-state index >= 15 is 0 Å². The summed E-state index contributed by atoms with van der Waals surface area (Å²) in [5, 5.41) is 3.16. The molecule has 0 bridgehead atoms. The molecule has 0 unspecified atom stereocenters. The minimum absolute atomic E-state index is 0.0304. The molecule has 0 N–H and O–H groups in total. The summed E-state index contributed by atoms with van der Waals surface area (Å²) in [6, 6.07) is 12.6. The number of aromatic nitrogens is 2. The van der Waals surface area contributed by atoms with Crippen LogP contribution in [0.2, 0.25) is 0 Å². The molecule has 0 radical (unpaired) electrons. The van der Waals surface area contributed by atoms with Crippen LogP contribution >= 0.6 is 0 Å². The molecule has 0 atom stereocenters. The minimum atomic E-state index is -4.84. The van der Waals surface area contributed by atoms with Gasteiger partial charge in [-0.15, -0.1) is 0 Å². The smallest absolute Gasteiger partial charge is 0.383 e. The summed E-state index contributed by atoms with van der Waals surface area (Å²) in [6.07, 6.45) is -4.84. The van der Waals surface area contributed by atoms with Crippen molar-refractivity contribution in [2.24, 2.45) is 0 Å². The Kier molecular flexibility index (Phi) is 6.46. The molecule has 0 saturated heterocycles. The van der Waals surface area contributed by atoms with Crippen molar-refractivity contribution >= 4 is 5.91 Å². The van der Waals surface area contributed by atoms with Crippen molar-refractivity contribution in [2.75, 3.05) is 20.3 Å². The van der Waals surface area contributed by atoms with E-state index in [2.05, 4.69) is 14.7 Å². The summed E-state index contributed by atoms with van der Waals surface area (Å²) in [7, 11) is 1.50. The highest BCUT2D eigenvalue weighted by Crippen LogP contribution is 2.30. The maximum atomic E-state index is 14.5. The number of alkyl halides is 3. The number of rotatable bonds is 7. The van der Waals surface area contributed by atoms with Crippen LogP contribution in [-0.2, 0) is 17.5 Å². The van der Waals surface area contributed by atoms with Crippen molar-refractivity contribution < 1.29 is 31.6 Å². The van der Waals surface area contributed by atoms with Crippen LogP contribution in [0.3, 0.4) is 0 Å². The molecule has 6 nitrogen and oxygen atoms in total. The van der Waals surface area contributed by atoms with Crippen LogP contribution in [0, 0.1) is 5.82 Å². The molecule has 30 heavy (non-hydrogen) atoms. The van der Waals surface area contributed by atoms with E-state index in [4.69, 9.17) is 4.74 Å². The lowest BCUT2D eigenvalue weighted by Crippen LogP contribution is -2.33. The molecular formula is C20H17F4N3O3. The number of ether oxygens (including phenoxy) is 1. The largest absolute Gasteiger partial charge is 0.471 e. The zero-order chi connectivity index (χ0) is 21.7. The lowest BCUT2D eigenvalue weighted by atomic mass is 10.1. The number of halogens is 4. The molecule has 1 amide bonds. The SMILES string of the molecule is COCCN(Cc1ccccc1)C(=O)c1ccc(-c2noc(C(F)(F)F)n2)c(F)c1. The van der Waals surface area contributed by atoms with Crippen LogP contribution in [0.5, 0.6) is 0 Å². The zero-order valence-corrected chi connectivity index (χ0v) is 15.8. The third kappa shape index (κ3) is 5.01. The first kappa shape index (κ1) is 21.4. The zero-order valence-electron chi connectivity index (χ0n) is 15.8. The van der Waals surface area contributed by atoms with Gasteiger partial charge in [0.15, 0.2) is 0 Å². The van der Waals surface area contributed by atoms with Crippen molar-refractivity contribution in [3.05, 3.63) is 71.4 Å². The maximum Gasteiger partial charge on any atom is 0.471 e. The number of benzene rings is 2. The number of hydrogen-bond donors (Lipinski definition) is 0. The molecule has 0 fully saturated rings. The van der Waals surface area contributed by atoms with Crippen LogP contribution in [0.1, 0.15) is 21.8 Å². The molecule has 1 aromatic heterocycles. The van der Waals surface area contributed by atoms with E-state index in [0.717, 1.165) is 17.7 Å². The van der Waals surface area contributed by atoms with E-state index in [1.165, 1.54) is 18.1 Å². The Balaban J connectivity index is 1.84.